The van der Waals surface area contributed by atoms with Crippen molar-refractivity contribution < 1.29 is 9.47 Å². The van der Waals surface area contributed by atoms with Crippen molar-refractivity contribution in [2.45, 2.75) is 18.9 Å². The average molecular weight is 244 g/mol. The normalized spacial score (nSPS) is 19.9. The number of anilines is 1. The highest BCUT2D eigenvalue weighted by Crippen LogP contribution is 2.29. The standard InChI is InChI=1S/C14H16N2O2/c15-12-5-6-13(11-4-1-7-16-14(11)12)18-10-3-2-8-17-9-10/h1,4-7,10H,2-3,8-9,15H2. The molecule has 2 heterocycles. The molecule has 0 amide bonds. The summed E-state index contributed by atoms with van der Waals surface area (Å²) in [5.41, 5.74) is 7.39. The molecule has 94 valence electrons. The number of benzene rings is 1. The zero-order chi connectivity index (χ0) is 12.4. The molecule has 2 N–H and O–H groups in total. The van der Waals surface area contributed by atoms with Crippen molar-refractivity contribution in [2.24, 2.45) is 0 Å². The van der Waals surface area contributed by atoms with Crippen molar-refractivity contribution >= 4 is 16.6 Å². The highest BCUT2D eigenvalue weighted by atomic mass is 16.5. The van der Waals surface area contributed by atoms with Gasteiger partial charge in [-0.15, -0.1) is 0 Å². The van der Waals surface area contributed by atoms with Gasteiger partial charge < -0.3 is 15.2 Å². The number of nitrogens with two attached hydrogens (primary N) is 1. The maximum atomic E-state index is 6.00. The summed E-state index contributed by atoms with van der Waals surface area (Å²) in [4.78, 5) is 4.30. The van der Waals surface area contributed by atoms with Gasteiger partial charge in [0, 0.05) is 18.2 Å². The van der Waals surface area contributed by atoms with Crippen LogP contribution in [0, 0.1) is 0 Å². The lowest BCUT2D eigenvalue weighted by Crippen LogP contribution is -2.28. The van der Waals surface area contributed by atoms with Crippen LogP contribution in [0.2, 0.25) is 0 Å². The summed E-state index contributed by atoms with van der Waals surface area (Å²) in [6.07, 6.45) is 3.96. The molecule has 3 rings (SSSR count). The fraction of sp³-hybridized carbons (Fsp3) is 0.357. The Kier molecular flexibility index (Phi) is 3.02. The van der Waals surface area contributed by atoms with Crippen molar-refractivity contribution in [3.63, 3.8) is 0 Å². The molecule has 1 aromatic carbocycles. The SMILES string of the molecule is Nc1ccc(OC2CCCOC2)c2cccnc12. The van der Waals surface area contributed by atoms with Crippen LogP contribution in [0.1, 0.15) is 12.8 Å². The molecule has 1 aliphatic rings. The molecule has 2 aromatic rings. The fourth-order valence-electron chi connectivity index (χ4n) is 2.25. The minimum atomic E-state index is 0.130. The average Bonchev–Trinajstić information content (AvgIpc) is 2.44. The number of hydrogen-bond acceptors (Lipinski definition) is 4. The van der Waals surface area contributed by atoms with Gasteiger partial charge in [0.05, 0.1) is 17.8 Å². The van der Waals surface area contributed by atoms with Crippen molar-refractivity contribution in [2.75, 3.05) is 18.9 Å². The molecule has 4 nitrogen and oxygen atoms in total. The monoisotopic (exact) mass is 244 g/mol. The molecule has 0 saturated carbocycles. The molecule has 0 aliphatic carbocycles. The lowest BCUT2D eigenvalue weighted by atomic mass is 10.1. The van der Waals surface area contributed by atoms with E-state index in [-0.39, 0.29) is 6.10 Å². The van der Waals surface area contributed by atoms with Gasteiger partial charge in [0.2, 0.25) is 0 Å². The molecule has 0 bridgehead atoms. The number of nitrogen functional groups attached to an aromatic ring is 1. The largest absolute Gasteiger partial charge is 0.487 e. The Labute approximate surface area is 106 Å². The Bertz CT molecular complexity index is 550. The summed E-state index contributed by atoms with van der Waals surface area (Å²) in [5.74, 6) is 0.836. The van der Waals surface area contributed by atoms with Gasteiger partial charge in [-0.3, -0.25) is 4.98 Å². The molecule has 1 aliphatic heterocycles. The molecule has 1 saturated heterocycles. The Balaban J connectivity index is 1.94. The summed E-state index contributed by atoms with van der Waals surface area (Å²) in [5, 5.41) is 0.961. The fourth-order valence-corrected chi connectivity index (χ4v) is 2.25. The third-order valence-electron chi connectivity index (χ3n) is 3.17. The Morgan fingerprint density at radius 2 is 2.28 bits per heavy atom. The van der Waals surface area contributed by atoms with Crippen molar-refractivity contribution in [1.29, 1.82) is 0 Å². The summed E-state index contributed by atoms with van der Waals surface area (Å²) in [7, 11) is 0. The highest BCUT2D eigenvalue weighted by Gasteiger charge is 2.17. The summed E-state index contributed by atoms with van der Waals surface area (Å²) >= 11 is 0. The van der Waals surface area contributed by atoms with Crippen LogP contribution in [0.5, 0.6) is 5.75 Å². The molecule has 18 heavy (non-hydrogen) atoms. The van der Waals surface area contributed by atoms with E-state index in [1.807, 2.05) is 24.3 Å². The van der Waals surface area contributed by atoms with Crippen molar-refractivity contribution in [3.05, 3.63) is 30.5 Å². The molecule has 0 spiro atoms. The van der Waals surface area contributed by atoms with Crippen LogP contribution in [0.15, 0.2) is 30.5 Å². The van der Waals surface area contributed by atoms with Crippen molar-refractivity contribution in [3.8, 4) is 5.75 Å². The van der Waals surface area contributed by atoms with Gasteiger partial charge in [0.1, 0.15) is 11.9 Å². The van der Waals surface area contributed by atoms with Gasteiger partial charge in [-0.1, -0.05) is 0 Å². The van der Waals surface area contributed by atoms with Crippen LogP contribution < -0.4 is 10.5 Å². The Morgan fingerprint density at radius 1 is 1.33 bits per heavy atom. The molecule has 1 atom stereocenters. The molecule has 4 heteroatoms. The second-order valence-electron chi connectivity index (χ2n) is 4.51. The number of pyridine rings is 1. The topological polar surface area (TPSA) is 57.4 Å². The van der Waals surface area contributed by atoms with Gasteiger partial charge in [0.15, 0.2) is 0 Å². The maximum Gasteiger partial charge on any atom is 0.129 e. The second-order valence-corrected chi connectivity index (χ2v) is 4.51. The van der Waals surface area contributed by atoms with E-state index in [1.165, 1.54) is 0 Å². The van der Waals surface area contributed by atoms with E-state index in [0.717, 1.165) is 36.1 Å². The minimum Gasteiger partial charge on any atom is -0.487 e. The van der Waals surface area contributed by atoms with Gasteiger partial charge in [-0.25, -0.2) is 0 Å². The number of rotatable bonds is 2. The predicted molar refractivity (Wildman–Crippen MR) is 70.6 cm³/mol. The predicted octanol–water partition coefficient (Wildman–Crippen LogP) is 2.37. The smallest absolute Gasteiger partial charge is 0.129 e. The van der Waals surface area contributed by atoms with E-state index in [2.05, 4.69) is 4.98 Å². The van der Waals surface area contributed by atoms with E-state index in [0.29, 0.717) is 12.3 Å². The summed E-state index contributed by atoms with van der Waals surface area (Å²) in [6.45, 7) is 1.50. The van der Waals surface area contributed by atoms with E-state index < -0.39 is 0 Å². The third-order valence-corrected chi connectivity index (χ3v) is 3.17. The quantitative estimate of drug-likeness (QED) is 0.824. The third kappa shape index (κ3) is 2.11. The van der Waals surface area contributed by atoms with Crippen molar-refractivity contribution in [1.82, 2.24) is 4.98 Å². The van der Waals surface area contributed by atoms with E-state index in [4.69, 9.17) is 15.2 Å². The first kappa shape index (κ1) is 11.3. The minimum absolute atomic E-state index is 0.130. The van der Waals surface area contributed by atoms with Gasteiger partial charge in [0.25, 0.3) is 0 Å². The number of aromatic nitrogens is 1. The molecule has 0 radical (unpaired) electrons. The molecular weight excluding hydrogens is 228 g/mol. The number of nitrogens with zero attached hydrogens (tertiary/aromatic N) is 1. The van der Waals surface area contributed by atoms with Crippen LogP contribution in [0.3, 0.4) is 0 Å². The number of hydrogen-bond donors (Lipinski definition) is 1. The zero-order valence-corrected chi connectivity index (χ0v) is 10.1. The van der Waals surface area contributed by atoms with Crippen LogP contribution in [0.25, 0.3) is 10.9 Å². The first-order valence-corrected chi connectivity index (χ1v) is 6.22. The lowest BCUT2D eigenvalue weighted by molar-refractivity contribution is 0.00809. The lowest BCUT2D eigenvalue weighted by Gasteiger charge is -2.24. The summed E-state index contributed by atoms with van der Waals surface area (Å²) in [6, 6.07) is 7.63. The second kappa shape index (κ2) is 4.82. The molecule has 1 unspecified atom stereocenters. The zero-order valence-electron chi connectivity index (χ0n) is 10.1. The molecular formula is C14H16N2O2. The summed E-state index contributed by atoms with van der Waals surface area (Å²) < 4.78 is 11.4. The van der Waals surface area contributed by atoms with Crippen LogP contribution in [-0.2, 0) is 4.74 Å². The van der Waals surface area contributed by atoms with E-state index in [1.54, 1.807) is 6.20 Å². The van der Waals surface area contributed by atoms with Crippen LogP contribution in [0.4, 0.5) is 5.69 Å². The molecule has 1 fully saturated rings. The Hall–Kier alpha value is -1.81. The van der Waals surface area contributed by atoms with E-state index >= 15 is 0 Å². The first-order valence-electron chi connectivity index (χ1n) is 6.22. The van der Waals surface area contributed by atoms with Gasteiger partial charge in [-0.05, 0) is 37.1 Å². The Morgan fingerprint density at radius 3 is 3.11 bits per heavy atom. The number of fused-ring (bicyclic) bond motifs is 1. The first-order chi connectivity index (χ1) is 8.84. The van der Waals surface area contributed by atoms with Gasteiger partial charge >= 0.3 is 0 Å². The van der Waals surface area contributed by atoms with Crippen LogP contribution >= 0.6 is 0 Å². The van der Waals surface area contributed by atoms with Gasteiger partial charge in [-0.2, -0.15) is 0 Å². The highest BCUT2D eigenvalue weighted by molar-refractivity contribution is 5.93. The molecule has 1 aromatic heterocycles. The number of ether oxygens (including phenoxy) is 2. The van der Waals surface area contributed by atoms with Crippen LogP contribution in [-0.4, -0.2) is 24.3 Å². The van der Waals surface area contributed by atoms with E-state index in [9.17, 15) is 0 Å². The maximum absolute atomic E-state index is 6.00.